The van der Waals surface area contributed by atoms with E-state index in [1.54, 1.807) is 0 Å². The average molecular weight is 273 g/mol. The third-order valence-corrected chi connectivity index (χ3v) is 3.11. The van der Waals surface area contributed by atoms with Gasteiger partial charge < -0.3 is 4.74 Å². The van der Waals surface area contributed by atoms with Gasteiger partial charge in [0.2, 0.25) is 0 Å². The minimum atomic E-state index is 0.127. The molecule has 1 atom stereocenters. The van der Waals surface area contributed by atoms with Crippen LogP contribution in [0.3, 0.4) is 0 Å². The fourth-order valence-corrected chi connectivity index (χ4v) is 2.31. The number of aromatic nitrogens is 2. The van der Waals surface area contributed by atoms with Gasteiger partial charge in [0.15, 0.2) is 0 Å². The first-order valence-corrected chi connectivity index (χ1v) is 6.11. The van der Waals surface area contributed by atoms with Crippen LogP contribution in [-0.2, 0) is 10.2 Å². The summed E-state index contributed by atoms with van der Waals surface area (Å²) < 4.78 is 8.45. The fourth-order valence-electron chi connectivity index (χ4n) is 1.92. The van der Waals surface area contributed by atoms with Crippen LogP contribution in [0.5, 0.6) is 0 Å². The van der Waals surface area contributed by atoms with Crippen LogP contribution in [0.25, 0.3) is 0 Å². The van der Waals surface area contributed by atoms with Gasteiger partial charge in [-0.1, -0.05) is 20.8 Å². The Morgan fingerprint density at radius 1 is 1.53 bits per heavy atom. The first-order valence-electron chi connectivity index (χ1n) is 5.32. The molecule has 0 unspecified atom stereocenters. The summed E-state index contributed by atoms with van der Waals surface area (Å²) in [7, 11) is 0. The van der Waals surface area contributed by atoms with Gasteiger partial charge in [0.25, 0.3) is 0 Å². The molecule has 1 aromatic heterocycles. The summed E-state index contributed by atoms with van der Waals surface area (Å²) >= 11 is 3.45. The lowest BCUT2D eigenvalue weighted by Gasteiger charge is -2.22. The second-order valence-electron chi connectivity index (χ2n) is 5.06. The Hall–Kier alpha value is -0.350. The highest BCUT2D eigenvalue weighted by molar-refractivity contribution is 9.10. The van der Waals surface area contributed by atoms with Gasteiger partial charge >= 0.3 is 0 Å². The predicted octanol–water partition coefficient (Wildman–Crippen LogP) is 2.90. The van der Waals surface area contributed by atoms with Crippen LogP contribution in [-0.4, -0.2) is 23.0 Å². The Morgan fingerprint density at radius 3 is 2.80 bits per heavy atom. The molecule has 1 aliphatic rings. The molecular formula is C11H17BrN2O. The van der Waals surface area contributed by atoms with Crippen LogP contribution in [0, 0.1) is 0 Å². The zero-order chi connectivity index (χ0) is 11.1. The van der Waals surface area contributed by atoms with Crippen molar-refractivity contribution in [2.45, 2.75) is 38.6 Å². The van der Waals surface area contributed by atoms with Crippen molar-refractivity contribution in [3.05, 3.63) is 16.4 Å². The monoisotopic (exact) mass is 272 g/mol. The highest BCUT2D eigenvalue weighted by atomic mass is 79.9. The van der Waals surface area contributed by atoms with E-state index in [1.165, 1.54) is 5.69 Å². The number of hydrogen-bond acceptors (Lipinski definition) is 2. The lowest BCUT2D eigenvalue weighted by molar-refractivity contribution is 0.183. The quantitative estimate of drug-likeness (QED) is 0.786. The van der Waals surface area contributed by atoms with Gasteiger partial charge in [-0.3, -0.25) is 4.68 Å². The van der Waals surface area contributed by atoms with Crippen LogP contribution >= 0.6 is 15.9 Å². The minimum Gasteiger partial charge on any atom is -0.379 e. The second kappa shape index (κ2) is 3.91. The lowest BCUT2D eigenvalue weighted by atomic mass is 9.92. The Balaban J connectivity index is 2.37. The average Bonchev–Trinajstić information content (AvgIpc) is 2.68. The lowest BCUT2D eigenvalue weighted by Crippen LogP contribution is -2.22. The normalized spacial score (nSPS) is 22.3. The molecule has 4 heteroatoms. The van der Waals surface area contributed by atoms with Gasteiger partial charge in [-0.15, -0.1) is 0 Å². The Morgan fingerprint density at radius 2 is 2.27 bits per heavy atom. The smallest absolute Gasteiger partial charge is 0.128 e. The highest BCUT2D eigenvalue weighted by Gasteiger charge is 2.26. The summed E-state index contributed by atoms with van der Waals surface area (Å²) in [6.07, 6.45) is 1.07. The Bertz CT molecular complexity index is 348. The molecule has 15 heavy (non-hydrogen) atoms. The standard InChI is InChI=1S/C11H17BrN2O/c1-11(2,3)9-6-10(12)13-14(9)8-4-5-15-7-8/h6,8H,4-5,7H2,1-3H3/t8-/m1/s1. The predicted molar refractivity (Wildman–Crippen MR) is 63.1 cm³/mol. The van der Waals surface area contributed by atoms with Crippen LogP contribution in [0.15, 0.2) is 10.7 Å². The Kier molecular flexibility index (Phi) is 2.90. The van der Waals surface area contributed by atoms with Gasteiger partial charge in [-0.25, -0.2) is 0 Å². The molecule has 2 heterocycles. The molecule has 0 bridgehead atoms. The van der Waals surface area contributed by atoms with E-state index in [0.29, 0.717) is 6.04 Å². The molecule has 0 aliphatic carbocycles. The molecule has 84 valence electrons. The zero-order valence-corrected chi connectivity index (χ0v) is 11.0. The molecule has 1 aliphatic heterocycles. The molecule has 1 fully saturated rings. The summed E-state index contributed by atoms with van der Waals surface area (Å²) in [5.74, 6) is 0. The maximum atomic E-state index is 5.41. The summed E-state index contributed by atoms with van der Waals surface area (Å²) in [6.45, 7) is 8.28. The second-order valence-corrected chi connectivity index (χ2v) is 5.88. The molecule has 0 spiro atoms. The fraction of sp³-hybridized carbons (Fsp3) is 0.727. The van der Waals surface area contributed by atoms with Gasteiger partial charge in [0, 0.05) is 17.7 Å². The molecule has 0 aromatic carbocycles. The van der Waals surface area contributed by atoms with E-state index >= 15 is 0 Å². The van der Waals surface area contributed by atoms with Crippen molar-refractivity contribution in [3.63, 3.8) is 0 Å². The first kappa shape index (κ1) is 11.1. The van der Waals surface area contributed by atoms with Gasteiger partial charge in [-0.05, 0) is 28.4 Å². The SMILES string of the molecule is CC(C)(C)c1cc(Br)nn1[C@@H]1CCOC1. The molecule has 0 N–H and O–H groups in total. The largest absolute Gasteiger partial charge is 0.379 e. The molecule has 1 aromatic rings. The zero-order valence-electron chi connectivity index (χ0n) is 9.46. The van der Waals surface area contributed by atoms with E-state index in [4.69, 9.17) is 4.74 Å². The van der Waals surface area contributed by atoms with Crippen molar-refractivity contribution in [3.8, 4) is 0 Å². The number of nitrogens with zero attached hydrogens (tertiary/aromatic N) is 2. The van der Waals surface area contributed by atoms with Crippen molar-refractivity contribution >= 4 is 15.9 Å². The summed E-state index contributed by atoms with van der Waals surface area (Å²) in [4.78, 5) is 0. The topological polar surface area (TPSA) is 27.1 Å². The van der Waals surface area contributed by atoms with Crippen LogP contribution in [0.1, 0.15) is 38.9 Å². The van der Waals surface area contributed by atoms with E-state index in [9.17, 15) is 0 Å². The van der Waals surface area contributed by atoms with Crippen molar-refractivity contribution in [1.82, 2.24) is 9.78 Å². The molecule has 2 rings (SSSR count). The molecule has 1 saturated heterocycles. The molecule has 0 saturated carbocycles. The maximum Gasteiger partial charge on any atom is 0.128 e. The molecular weight excluding hydrogens is 256 g/mol. The van der Waals surface area contributed by atoms with Gasteiger partial charge in [0.05, 0.1) is 12.6 Å². The maximum absolute atomic E-state index is 5.41. The van der Waals surface area contributed by atoms with E-state index < -0.39 is 0 Å². The van der Waals surface area contributed by atoms with E-state index in [0.717, 1.165) is 24.2 Å². The van der Waals surface area contributed by atoms with Crippen molar-refractivity contribution in [1.29, 1.82) is 0 Å². The number of ether oxygens (including phenoxy) is 1. The third kappa shape index (κ3) is 2.26. The summed E-state index contributed by atoms with van der Waals surface area (Å²) in [5, 5.41) is 4.51. The summed E-state index contributed by atoms with van der Waals surface area (Å²) in [5.41, 5.74) is 1.40. The van der Waals surface area contributed by atoms with Crippen LogP contribution in [0.4, 0.5) is 0 Å². The first-order chi connectivity index (χ1) is 6.98. The molecule has 0 amide bonds. The molecule has 0 radical (unpaired) electrons. The molecule has 3 nitrogen and oxygen atoms in total. The van der Waals surface area contributed by atoms with Crippen molar-refractivity contribution < 1.29 is 4.74 Å². The van der Waals surface area contributed by atoms with Crippen LogP contribution in [0.2, 0.25) is 0 Å². The Labute approximate surface area is 98.9 Å². The van der Waals surface area contributed by atoms with E-state index in [2.05, 4.69) is 52.5 Å². The number of hydrogen-bond donors (Lipinski definition) is 0. The number of halogens is 1. The summed E-state index contributed by atoms with van der Waals surface area (Å²) in [6, 6.07) is 2.52. The van der Waals surface area contributed by atoms with Gasteiger partial charge in [-0.2, -0.15) is 5.10 Å². The van der Waals surface area contributed by atoms with E-state index in [1.807, 2.05) is 0 Å². The highest BCUT2D eigenvalue weighted by Crippen LogP contribution is 2.30. The van der Waals surface area contributed by atoms with Crippen LogP contribution < -0.4 is 0 Å². The van der Waals surface area contributed by atoms with E-state index in [-0.39, 0.29) is 5.41 Å². The minimum absolute atomic E-state index is 0.127. The van der Waals surface area contributed by atoms with Crippen molar-refractivity contribution in [2.75, 3.05) is 13.2 Å². The third-order valence-electron chi connectivity index (χ3n) is 2.73. The van der Waals surface area contributed by atoms with Gasteiger partial charge in [0.1, 0.15) is 4.60 Å². The van der Waals surface area contributed by atoms with Crippen molar-refractivity contribution in [2.24, 2.45) is 0 Å². The number of rotatable bonds is 1.